The highest BCUT2D eigenvalue weighted by molar-refractivity contribution is 9.11. The van der Waals surface area contributed by atoms with Crippen molar-refractivity contribution >= 4 is 63.7 Å². The lowest BCUT2D eigenvalue weighted by Crippen LogP contribution is -2.01. The van der Waals surface area contributed by atoms with Gasteiger partial charge >= 0.3 is 0 Å². The molecule has 0 radical (unpaired) electrons. The Morgan fingerprint density at radius 1 is 0.500 bits per heavy atom. The maximum atomic E-state index is 5.57. The van der Waals surface area contributed by atoms with E-state index in [-0.39, 0.29) is 0 Å². The van der Waals surface area contributed by atoms with E-state index in [0.717, 1.165) is 62.8 Å². The van der Waals surface area contributed by atoms with E-state index in [1.807, 2.05) is 0 Å². The number of ether oxygens (including phenoxy) is 2. The van der Waals surface area contributed by atoms with E-state index >= 15 is 0 Å². The Morgan fingerprint density at radius 3 is 0.875 bits per heavy atom. The van der Waals surface area contributed by atoms with Crippen LogP contribution in [-0.4, -0.2) is 14.2 Å². The lowest BCUT2D eigenvalue weighted by molar-refractivity contribution is 0.407. The summed E-state index contributed by atoms with van der Waals surface area (Å²) in [6.45, 7) is 8.21. The monoisotopic (exact) mass is 582 g/mol. The topological polar surface area (TPSA) is 18.5 Å². The van der Waals surface area contributed by atoms with Gasteiger partial charge in [0.15, 0.2) is 0 Å². The molecular formula is C18H18Br4O2. The third-order valence-corrected chi connectivity index (χ3v) is 8.18. The predicted octanol–water partition coefficient (Wildman–Crippen LogP) is 7.65. The van der Waals surface area contributed by atoms with Crippen molar-refractivity contribution in [2.75, 3.05) is 14.2 Å². The normalized spacial score (nSPS) is 10.9. The van der Waals surface area contributed by atoms with Gasteiger partial charge in [0.25, 0.3) is 0 Å². The summed E-state index contributed by atoms with van der Waals surface area (Å²) in [7, 11) is 3.39. The van der Waals surface area contributed by atoms with Crippen molar-refractivity contribution in [3.63, 3.8) is 0 Å². The third kappa shape index (κ3) is 3.08. The highest BCUT2D eigenvalue weighted by Gasteiger charge is 2.25. The maximum Gasteiger partial charge on any atom is 0.126 e. The molecule has 0 aliphatic heterocycles. The van der Waals surface area contributed by atoms with Crippen LogP contribution in [0, 0.1) is 27.7 Å². The quantitative estimate of drug-likeness (QED) is 0.368. The van der Waals surface area contributed by atoms with Crippen LogP contribution in [0.15, 0.2) is 17.9 Å². The van der Waals surface area contributed by atoms with Gasteiger partial charge < -0.3 is 9.47 Å². The van der Waals surface area contributed by atoms with E-state index in [0.29, 0.717) is 0 Å². The molecule has 0 heterocycles. The number of halogens is 4. The van der Waals surface area contributed by atoms with Gasteiger partial charge in [-0.2, -0.15) is 0 Å². The van der Waals surface area contributed by atoms with Crippen LogP contribution in [0.4, 0.5) is 0 Å². The molecule has 0 N–H and O–H groups in total. The fraction of sp³-hybridized carbons (Fsp3) is 0.333. The van der Waals surface area contributed by atoms with Crippen LogP contribution in [-0.2, 0) is 0 Å². The number of methoxy groups -OCH3 is 2. The largest absolute Gasteiger partial charge is 0.496 e. The van der Waals surface area contributed by atoms with Gasteiger partial charge in [0.1, 0.15) is 11.5 Å². The first-order valence-corrected chi connectivity index (χ1v) is 10.4. The van der Waals surface area contributed by atoms with Crippen LogP contribution in [0.5, 0.6) is 11.5 Å². The molecule has 0 amide bonds. The summed E-state index contributed by atoms with van der Waals surface area (Å²) in [5, 5.41) is 0. The first kappa shape index (κ1) is 20.3. The Kier molecular flexibility index (Phi) is 6.49. The van der Waals surface area contributed by atoms with Crippen molar-refractivity contribution in [3.8, 4) is 22.6 Å². The van der Waals surface area contributed by atoms with Gasteiger partial charge in [-0.15, -0.1) is 0 Å². The molecule has 0 atom stereocenters. The van der Waals surface area contributed by atoms with Crippen molar-refractivity contribution in [1.82, 2.24) is 0 Å². The number of hydrogen-bond acceptors (Lipinski definition) is 2. The highest BCUT2D eigenvalue weighted by atomic mass is 79.9. The molecule has 0 unspecified atom stereocenters. The van der Waals surface area contributed by atoms with Crippen LogP contribution in [0.3, 0.4) is 0 Å². The molecule has 2 aromatic rings. The number of hydrogen-bond donors (Lipinski definition) is 0. The van der Waals surface area contributed by atoms with Crippen molar-refractivity contribution in [2.24, 2.45) is 0 Å². The Labute approximate surface area is 176 Å². The standard InChI is InChI=1S/C18H18Br4O2/c1-7-13(19)11(14(20)8(2)17(7)23-5)12-15(21)9(3)18(24-6)10(4)16(12)22/h1-6H3. The molecule has 2 rings (SSSR count). The Bertz CT molecular complexity index is 701. The van der Waals surface area contributed by atoms with Gasteiger partial charge in [-0.05, 0) is 91.4 Å². The fourth-order valence-electron chi connectivity index (χ4n) is 2.96. The number of rotatable bonds is 3. The second-order valence-corrected chi connectivity index (χ2v) is 8.74. The van der Waals surface area contributed by atoms with E-state index in [4.69, 9.17) is 9.47 Å². The molecule has 24 heavy (non-hydrogen) atoms. The predicted molar refractivity (Wildman–Crippen MR) is 115 cm³/mol. The second kappa shape index (κ2) is 7.68. The summed E-state index contributed by atoms with van der Waals surface area (Å²) in [4.78, 5) is 0. The maximum absolute atomic E-state index is 5.57. The van der Waals surface area contributed by atoms with Crippen LogP contribution in [0.1, 0.15) is 22.3 Å². The zero-order valence-corrected chi connectivity index (χ0v) is 20.7. The number of benzene rings is 2. The van der Waals surface area contributed by atoms with E-state index in [2.05, 4.69) is 91.4 Å². The minimum absolute atomic E-state index is 0.881. The fourth-order valence-corrected chi connectivity index (χ4v) is 5.79. The van der Waals surface area contributed by atoms with Gasteiger partial charge in [-0.25, -0.2) is 0 Å². The molecule has 0 saturated heterocycles. The Hall–Kier alpha value is -0.0400. The molecule has 0 bridgehead atoms. The van der Waals surface area contributed by atoms with Crippen molar-refractivity contribution < 1.29 is 9.47 Å². The zero-order chi connectivity index (χ0) is 18.3. The molecule has 0 aliphatic carbocycles. The summed E-state index contributed by atoms with van der Waals surface area (Å²) in [5.74, 6) is 1.76. The molecule has 0 fully saturated rings. The molecule has 0 aliphatic rings. The first-order valence-electron chi connectivity index (χ1n) is 7.23. The van der Waals surface area contributed by atoms with Gasteiger partial charge in [-0.1, -0.05) is 0 Å². The second-order valence-electron chi connectivity index (χ2n) is 5.57. The molecule has 130 valence electrons. The average molecular weight is 586 g/mol. The van der Waals surface area contributed by atoms with E-state index in [1.165, 1.54) is 0 Å². The minimum atomic E-state index is 0.881. The Morgan fingerprint density at radius 2 is 0.708 bits per heavy atom. The summed E-state index contributed by atoms with van der Waals surface area (Å²) >= 11 is 15.1. The van der Waals surface area contributed by atoms with Crippen LogP contribution in [0.25, 0.3) is 11.1 Å². The van der Waals surface area contributed by atoms with Gasteiger partial charge in [0, 0.05) is 51.3 Å². The summed E-state index contributed by atoms with van der Waals surface area (Å²) < 4.78 is 15.1. The average Bonchev–Trinajstić information content (AvgIpc) is 2.55. The van der Waals surface area contributed by atoms with E-state index < -0.39 is 0 Å². The van der Waals surface area contributed by atoms with Crippen LogP contribution >= 0.6 is 63.7 Å². The minimum Gasteiger partial charge on any atom is -0.496 e. The van der Waals surface area contributed by atoms with Crippen molar-refractivity contribution in [2.45, 2.75) is 27.7 Å². The third-order valence-electron chi connectivity index (χ3n) is 4.22. The smallest absolute Gasteiger partial charge is 0.126 e. The van der Waals surface area contributed by atoms with E-state index in [9.17, 15) is 0 Å². The summed E-state index contributed by atoms with van der Waals surface area (Å²) in [6, 6.07) is 0. The lowest BCUT2D eigenvalue weighted by atomic mass is 9.96. The van der Waals surface area contributed by atoms with Crippen LogP contribution in [0.2, 0.25) is 0 Å². The molecule has 6 heteroatoms. The van der Waals surface area contributed by atoms with Gasteiger partial charge in [0.2, 0.25) is 0 Å². The van der Waals surface area contributed by atoms with Gasteiger partial charge in [0.05, 0.1) is 14.2 Å². The molecule has 2 nitrogen and oxygen atoms in total. The van der Waals surface area contributed by atoms with Crippen LogP contribution < -0.4 is 9.47 Å². The SMILES string of the molecule is COc1c(C)c(Br)c(-c2c(Br)c(C)c(OC)c(C)c2Br)c(Br)c1C. The van der Waals surface area contributed by atoms with Gasteiger partial charge in [-0.3, -0.25) is 0 Å². The summed E-state index contributed by atoms with van der Waals surface area (Å²) in [6.07, 6.45) is 0. The molecule has 0 spiro atoms. The first-order chi connectivity index (χ1) is 11.2. The molecule has 2 aromatic carbocycles. The molecule has 0 saturated carbocycles. The van der Waals surface area contributed by atoms with Crippen molar-refractivity contribution in [1.29, 1.82) is 0 Å². The summed E-state index contributed by atoms with van der Waals surface area (Å²) in [5.41, 5.74) is 6.43. The zero-order valence-electron chi connectivity index (χ0n) is 14.3. The molecular weight excluding hydrogens is 568 g/mol. The van der Waals surface area contributed by atoms with E-state index in [1.54, 1.807) is 14.2 Å². The molecule has 0 aromatic heterocycles. The Balaban J connectivity index is 2.99. The highest BCUT2D eigenvalue weighted by Crippen LogP contribution is 2.51. The van der Waals surface area contributed by atoms with Crippen molar-refractivity contribution in [3.05, 3.63) is 40.1 Å². The lowest BCUT2D eigenvalue weighted by Gasteiger charge is -2.22.